The van der Waals surface area contributed by atoms with Gasteiger partial charge in [0.2, 0.25) is 0 Å². The van der Waals surface area contributed by atoms with Crippen molar-refractivity contribution in [2.24, 2.45) is 0 Å². The van der Waals surface area contributed by atoms with E-state index in [4.69, 9.17) is 16.7 Å². The van der Waals surface area contributed by atoms with Gasteiger partial charge in [0.25, 0.3) is 0 Å². The highest BCUT2D eigenvalue weighted by atomic mass is 35.5. The number of carboxylic acid groups (broad SMARTS) is 1. The zero-order valence-corrected chi connectivity index (χ0v) is 19.2. The van der Waals surface area contributed by atoms with E-state index in [0.717, 1.165) is 17.3 Å². The van der Waals surface area contributed by atoms with Gasteiger partial charge >= 0.3 is 5.97 Å². The van der Waals surface area contributed by atoms with Crippen LogP contribution < -0.4 is 5.32 Å². The Morgan fingerprint density at radius 3 is 2.06 bits per heavy atom. The molecule has 5 rings (SSSR count). The SMILES string of the molecule is Clc1ncccc1-c1ccncn1.O=C(O)c1ccc(F)c(Nc2ncccc2-c2ccncn2)c1. The minimum Gasteiger partial charge on any atom is -0.478 e. The lowest BCUT2D eigenvalue weighted by Gasteiger charge is -2.11. The zero-order valence-electron chi connectivity index (χ0n) is 18.5. The molecule has 0 amide bonds. The molecule has 0 radical (unpaired) electrons. The zero-order chi connectivity index (χ0) is 25.3. The van der Waals surface area contributed by atoms with E-state index in [2.05, 4.69) is 35.2 Å². The van der Waals surface area contributed by atoms with E-state index >= 15 is 0 Å². The molecule has 1 aromatic carbocycles. The maximum absolute atomic E-state index is 13.9. The summed E-state index contributed by atoms with van der Waals surface area (Å²) in [6.45, 7) is 0. The number of nitrogens with zero attached hydrogens (tertiary/aromatic N) is 6. The van der Waals surface area contributed by atoms with Crippen LogP contribution in [0.3, 0.4) is 0 Å². The van der Waals surface area contributed by atoms with Gasteiger partial charge in [0.05, 0.1) is 22.6 Å². The number of hydrogen-bond donors (Lipinski definition) is 2. The van der Waals surface area contributed by atoms with Gasteiger partial charge in [-0.1, -0.05) is 11.6 Å². The summed E-state index contributed by atoms with van der Waals surface area (Å²) in [6.07, 6.45) is 9.34. The molecular formula is C25H17ClFN7O2. The van der Waals surface area contributed by atoms with Crippen molar-refractivity contribution >= 4 is 29.1 Å². The number of pyridine rings is 2. The summed E-state index contributed by atoms with van der Waals surface area (Å²) < 4.78 is 13.9. The van der Waals surface area contributed by atoms with Crippen molar-refractivity contribution in [2.75, 3.05) is 5.32 Å². The second kappa shape index (κ2) is 11.5. The molecule has 0 saturated carbocycles. The first kappa shape index (κ1) is 24.3. The molecule has 9 nitrogen and oxygen atoms in total. The quantitative estimate of drug-likeness (QED) is 0.308. The maximum Gasteiger partial charge on any atom is 0.335 e. The van der Waals surface area contributed by atoms with E-state index in [1.807, 2.05) is 12.1 Å². The molecule has 11 heteroatoms. The largest absolute Gasteiger partial charge is 0.478 e. The molecule has 5 aromatic rings. The molecule has 178 valence electrons. The van der Waals surface area contributed by atoms with Gasteiger partial charge in [-0.25, -0.2) is 39.1 Å². The number of rotatable bonds is 5. The molecule has 4 heterocycles. The molecule has 0 unspecified atom stereocenters. The van der Waals surface area contributed by atoms with E-state index in [1.54, 1.807) is 49.1 Å². The van der Waals surface area contributed by atoms with Crippen LogP contribution in [0.25, 0.3) is 22.5 Å². The third-order valence-corrected chi connectivity index (χ3v) is 5.05. The first-order valence-corrected chi connectivity index (χ1v) is 10.8. The fourth-order valence-corrected chi connectivity index (χ4v) is 3.29. The maximum atomic E-state index is 13.9. The van der Waals surface area contributed by atoms with Gasteiger partial charge in [0.15, 0.2) is 0 Å². The third-order valence-electron chi connectivity index (χ3n) is 4.75. The number of aromatic nitrogens is 6. The number of halogens is 2. The van der Waals surface area contributed by atoms with Crippen LogP contribution in [-0.2, 0) is 0 Å². The second-order valence-electron chi connectivity index (χ2n) is 7.06. The lowest BCUT2D eigenvalue weighted by atomic mass is 10.1. The monoisotopic (exact) mass is 501 g/mol. The van der Waals surface area contributed by atoms with Crippen LogP contribution in [-0.4, -0.2) is 41.0 Å². The fourth-order valence-electron chi connectivity index (χ4n) is 3.07. The van der Waals surface area contributed by atoms with Crippen LogP contribution in [0, 0.1) is 5.82 Å². The Morgan fingerprint density at radius 1 is 0.806 bits per heavy atom. The molecule has 4 aromatic heterocycles. The summed E-state index contributed by atoms with van der Waals surface area (Å²) in [5.74, 6) is -1.34. The average molecular weight is 502 g/mol. The molecule has 0 saturated heterocycles. The molecule has 0 aliphatic heterocycles. The number of hydrogen-bond acceptors (Lipinski definition) is 8. The Balaban J connectivity index is 0.000000197. The number of aromatic carboxylic acids is 1. The first-order valence-electron chi connectivity index (χ1n) is 10.4. The van der Waals surface area contributed by atoms with Crippen molar-refractivity contribution < 1.29 is 14.3 Å². The van der Waals surface area contributed by atoms with E-state index in [9.17, 15) is 9.18 Å². The van der Waals surface area contributed by atoms with Crippen LogP contribution in [0.1, 0.15) is 10.4 Å². The summed E-state index contributed by atoms with van der Waals surface area (Å²) >= 11 is 5.89. The standard InChI is InChI=1S/C16H11FN4O2.C9H6ClN3/c17-12-4-3-10(16(22)23)8-14(12)21-15-11(2-1-6-19-15)13-5-7-18-9-20-13;10-9-7(2-1-4-12-9)8-3-5-11-6-13-8/h1-9H,(H,19,21)(H,22,23);1-6H. The summed E-state index contributed by atoms with van der Waals surface area (Å²) in [7, 11) is 0. The van der Waals surface area contributed by atoms with Gasteiger partial charge in [-0.2, -0.15) is 0 Å². The van der Waals surface area contributed by atoms with Crippen molar-refractivity contribution in [3.05, 3.63) is 109 Å². The van der Waals surface area contributed by atoms with E-state index in [1.165, 1.54) is 24.8 Å². The van der Waals surface area contributed by atoms with Gasteiger partial charge in [-0.3, -0.25) is 0 Å². The molecule has 0 fully saturated rings. The van der Waals surface area contributed by atoms with Gasteiger partial charge in [-0.15, -0.1) is 0 Å². The summed E-state index contributed by atoms with van der Waals surface area (Å²) in [4.78, 5) is 35.1. The number of carboxylic acids is 1. The van der Waals surface area contributed by atoms with Crippen molar-refractivity contribution in [2.45, 2.75) is 0 Å². The molecule has 36 heavy (non-hydrogen) atoms. The molecule has 0 spiro atoms. The van der Waals surface area contributed by atoms with Crippen LogP contribution in [0.4, 0.5) is 15.9 Å². The smallest absolute Gasteiger partial charge is 0.335 e. The highest BCUT2D eigenvalue weighted by Crippen LogP contribution is 2.28. The summed E-state index contributed by atoms with van der Waals surface area (Å²) in [6, 6.07) is 14.2. The third kappa shape index (κ3) is 5.99. The predicted octanol–water partition coefficient (Wildman–Crippen LogP) is 5.31. The topological polar surface area (TPSA) is 127 Å². The van der Waals surface area contributed by atoms with E-state index in [-0.39, 0.29) is 11.3 Å². The van der Waals surface area contributed by atoms with Crippen molar-refractivity contribution in [3.63, 3.8) is 0 Å². The Hall–Kier alpha value is -4.83. The van der Waals surface area contributed by atoms with Gasteiger partial charge in [0.1, 0.15) is 29.4 Å². The average Bonchev–Trinajstić information content (AvgIpc) is 2.92. The minimum absolute atomic E-state index is 0.0200. The van der Waals surface area contributed by atoms with Crippen molar-refractivity contribution in [1.29, 1.82) is 0 Å². The predicted molar refractivity (Wildman–Crippen MR) is 132 cm³/mol. The van der Waals surface area contributed by atoms with Crippen molar-refractivity contribution in [3.8, 4) is 22.5 Å². The lowest BCUT2D eigenvalue weighted by Crippen LogP contribution is -2.02. The number of benzene rings is 1. The molecule has 0 aliphatic carbocycles. The molecule has 0 bridgehead atoms. The highest BCUT2D eigenvalue weighted by molar-refractivity contribution is 6.32. The highest BCUT2D eigenvalue weighted by Gasteiger charge is 2.12. The number of carbonyl (C=O) groups is 1. The number of anilines is 2. The Labute approximate surface area is 209 Å². The fraction of sp³-hybridized carbons (Fsp3) is 0. The lowest BCUT2D eigenvalue weighted by molar-refractivity contribution is 0.0697. The van der Waals surface area contributed by atoms with Crippen LogP contribution in [0.2, 0.25) is 5.15 Å². The molecule has 2 N–H and O–H groups in total. The Kier molecular flexibility index (Phi) is 7.79. The Morgan fingerprint density at radius 2 is 1.44 bits per heavy atom. The van der Waals surface area contributed by atoms with E-state index < -0.39 is 11.8 Å². The van der Waals surface area contributed by atoms with Gasteiger partial charge in [-0.05, 0) is 54.6 Å². The van der Waals surface area contributed by atoms with E-state index in [0.29, 0.717) is 22.2 Å². The molecule has 0 atom stereocenters. The van der Waals surface area contributed by atoms with Crippen LogP contribution in [0.5, 0.6) is 0 Å². The van der Waals surface area contributed by atoms with Gasteiger partial charge in [0, 0.05) is 35.9 Å². The van der Waals surface area contributed by atoms with Gasteiger partial charge < -0.3 is 10.4 Å². The molecule has 0 aliphatic rings. The molecular weight excluding hydrogens is 485 g/mol. The summed E-state index contributed by atoms with van der Waals surface area (Å²) in [5, 5.41) is 12.3. The first-order chi connectivity index (χ1) is 17.5. The van der Waals surface area contributed by atoms with Crippen LogP contribution in [0.15, 0.2) is 92.0 Å². The number of nitrogens with one attached hydrogen (secondary N) is 1. The normalized spacial score (nSPS) is 10.2. The minimum atomic E-state index is -1.13. The Bertz CT molecular complexity index is 1470. The van der Waals surface area contributed by atoms with Crippen molar-refractivity contribution in [1.82, 2.24) is 29.9 Å². The summed E-state index contributed by atoms with van der Waals surface area (Å²) in [5.41, 5.74) is 2.88. The van der Waals surface area contributed by atoms with Crippen LogP contribution >= 0.6 is 11.6 Å². The second-order valence-corrected chi connectivity index (χ2v) is 7.41.